The molecule has 8 heteroatoms. The maximum Gasteiger partial charge on any atom is 0.506 e. The van der Waals surface area contributed by atoms with Gasteiger partial charge in [0.25, 0.3) is 5.69 Å². The van der Waals surface area contributed by atoms with Crippen molar-refractivity contribution in [1.29, 1.82) is 0 Å². The van der Waals surface area contributed by atoms with Crippen molar-refractivity contribution in [3.63, 3.8) is 0 Å². The minimum atomic E-state index is -1.52. The molecule has 1 N–H and O–H groups in total. The SMILES string of the molecule is COc1cc(C(C)OC(=O)O)c([N+](=O)[O-])cc1OC. The van der Waals surface area contributed by atoms with Crippen molar-refractivity contribution in [2.75, 3.05) is 14.2 Å². The molecule has 0 saturated heterocycles. The Labute approximate surface area is 108 Å². The Morgan fingerprint density at radius 1 is 1.32 bits per heavy atom. The highest BCUT2D eigenvalue weighted by molar-refractivity contribution is 5.59. The van der Waals surface area contributed by atoms with Crippen molar-refractivity contribution in [2.45, 2.75) is 13.0 Å². The van der Waals surface area contributed by atoms with Crippen LogP contribution in [0.2, 0.25) is 0 Å². The number of nitro benzene ring substituents is 1. The van der Waals surface area contributed by atoms with E-state index in [1.54, 1.807) is 0 Å². The van der Waals surface area contributed by atoms with Gasteiger partial charge in [-0.15, -0.1) is 0 Å². The summed E-state index contributed by atoms with van der Waals surface area (Å²) in [5.74, 6) is 0.435. The lowest BCUT2D eigenvalue weighted by Crippen LogP contribution is -2.09. The Bertz CT molecular complexity index is 500. The van der Waals surface area contributed by atoms with Crippen molar-refractivity contribution in [1.82, 2.24) is 0 Å². The standard InChI is InChI=1S/C11H13NO7/c1-6(19-11(13)14)7-4-9(17-2)10(18-3)5-8(7)12(15)16/h4-6H,1-3H3,(H,13,14). The molecular weight excluding hydrogens is 258 g/mol. The molecule has 1 aromatic rings. The van der Waals surface area contributed by atoms with E-state index >= 15 is 0 Å². The minimum absolute atomic E-state index is 0.0880. The van der Waals surface area contributed by atoms with E-state index in [2.05, 4.69) is 4.74 Å². The highest BCUT2D eigenvalue weighted by atomic mass is 16.7. The molecule has 1 atom stereocenters. The Balaban J connectivity index is 3.34. The maximum atomic E-state index is 11.0. The summed E-state index contributed by atoms with van der Waals surface area (Å²) >= 11 is 0. The predicted molar refractivity (Wildman–Crippen MR) is 63.7 cm³/mol. The fourth-order valence-electron chi connectivity index (χ4n) is 1.58. The highest BCUT2D eigenvalue weighted by Gasteiger charge is 2.25. The third-order valence-corrected chi connectivity index (χ3v) is 2.45. The number of carbonyl (C=O) groups is 1. The molecule has 0 fully saturated rings. The number of rotatable bonds is 5. The third-order valence-electron chi connectivity index (χ3n) is 2.45. The van der Waals surface area contributed by atoms with Crippen LogP contribution >= 0.6 is 0 Å². The Morgan fingerprint density at radius 2 is 1.84 bits per heavy atom. The average Bonchev–Trinajstić information content (AvgIpc) is 2.35. The first-order chi connectivity index (χ1) is 8.90. The second kappa shape index (κ2) is 5.89. The van der Waals surface area contributed by atoms with E-state index in [0.717, 1.165) is 6.07 Å². The first-order valence-electron chi connectivity index (χ1n) is 5.20. The molecule has 0 amide bonds. The number of nitro groups is 1. The van der Waals surface area contributed by atoms with Crippen molar-refractivity contribution in [3.8, 4) is 11.5 Å². The zero-order valence-corrected chi connectivity index (χ0v) is 10.6. The molecule has 0 radical (unpaired) electrons. The van der Waals surface area contributed by atoms with Gasteiger partial charge in [-0.25, -0.2) is 4.79 Å². The highest BCUT2D eigenvalue weighted by Crippen LogP contribution is 2.38. The van der Waals surface area contributed by atoms with Crippen molar-refractivity contribution >= 4 is 11.8 Å². The number of ether oxygens (including phenoxy) is 3. The zero-order chi connectivity index (χ0) is 14.6. The van der Waals surface area contributed by atoms with E-state index in [-0.39, 0.29) is 22.7 Å². The lowest BCUT2D eigenvalue weighted by atomic mass is 10.1. The van der Waals surface area contributed by atoms with E-state index in [1.807, 2.05) is 0 Å². The van der Waals surface area contributed by atoms with Crippen LogP contribution in [0.1, 0.15) is 18.6 Å². The van der Waals surface area contributed by atoms with Gasteiger partial charge >= 0.3 is 6.16 Å². The summed E-state index contributed by atoms with van der Waals surface area (Å²) in [6.07, 6.45) is -2.52. The molecule has 104 valence electrons. The zero-order valence-electron chi connectivity index (χ0n) is 10.6. The van der Waals surface area contributed by atoms with Gasteiger partial charge in [-0.3, -0.25) is 10.1 Å². The fourth-order valence-corrected chi connectivity index (χ4v) is 1.58. The summed E-state index contributed by atoms with van der Waals surface area (Å²) in [7, 11) is 2.72. The lowest BCUT2D eigenvalue weighted by Gasteiger charge is -2.14. The number of hydrogen-bond donors (Lipinski definition) is 1. The van der Waals surface area contributed by atoms with Crippen LogP contribution in [0.15, 0.2) is 12.1 Å². The van der Waals surface area contributed by atoms with Crippen LogP contribution < -0.4 is 9.47 Å². The van der Waals surface area contributed by atoms with Crippen LogP contribution in [-0.4, -0.2) is 30.4 Å². The van der Waals surface area contributed by atoms with Crippen LogP contribution in [-0.2, 0) is 4.74 Å². The number of nitrogens with zero attached hydrogens (tertiary/aromatic N) is 1. The summed E-state index contributed by atoms with van der Waals surface area (Å²) in [4.78, 5) is 20.8. The second-order valence-corrected chi connectivity index (χ2v) is 3.55. The van der Waals surface area contributed by atoms with Crippen LogP contribution in [0.5, 0.6) is 11.5 Å². The first-order valence-corrected chi connectivity index (χ1v) is 5.20. The molecule has 1 unspecified atom stereocenters. The predicted octanol–water partition coefficient (Wildman–Crippen LogP) is 2.37. The molecule has 0 saturated carbocycles. The molecule has 0 aliphatic heterocycles. The summed E-state index contributed by atoms with van der Waals surface area (Å²) in [5.41, 5.74) is -0.212. The van der Waals surface area contributed by atoms with E-state index in [1.165, 1.54) is 27.2 Å². The van der Waals surface area contributed by atoms with E-state index in [0.29, 0.717) is 0 Å². The monoisotopic (exact) mass is 271 g/mol. The van der Waals surface area contributed by atoms with Crippen LogP contribution in [0.4, 0.5) is 10.5 Å². The van der Waals surface area contributed by atoms with E-state index in [9.17, 15) is 14.9 Å². The smallest absolute Gasteiger partial charge is 0.493 e. The molecule has 1 aromatic carbocycles. The van der Waals surface area contributed by atoms with Gasteiger partial charge in [-0.05, 0) is 13.0 Å². The minimum Gasteiger partial charge on any atom is -0.493 e. The Morgan fingerprint density at radius 3 is 2.26 bits per heavy atom. The molecule has 8 nitrogen and oxygen atoms in total. The molecule has 0 aromatic heterocycles. The summed E-state index contributed by atoms with van der Waals surface area (Å²) in [5, 5.41) is 19.5. The van der Waals surface area contributed by atoms with Crippen LogP contribution in [0, 0.1) is 10.1 Å². The van der Waals surface area contributed by atoms with Crippen LogP contribution in [0.3, 0.4) is 0 Å². The Kier molecular flexibility index (Phi) is 4.51. The fraction of sp³-hybridized carbons (Fsp3) is 0.364. The lowest BCUT2D eigenvalue weighted by molar-refractivity contribution is -0.386. The molecule has 0 spiro atoms. The second-order valence-electron chi connectivity index (χ2n) is 3.55. The van der Waals surface area contributed by atoms with Gasteiger partial charge in [0.1, 0.15) is 6.10 Å². The van der Waals surface area contributed by atoms with Crippen molar-refractivity contribution in [2.24, 2.45) is 0 Å². The number of methoxy groups -OCH3 is 2. The van der Waals surface area contributed by atoms with Gasteiger partial charge in [0, 0.05) is 0 Å². The van der Waals surface area contributed by atoms with Crippen molar-refractivity contribution in [3.05, 3.63) is 27.8 Å². The van der Waals surface area contributed by atoms with Gasteiger partial charge < -0.3 is 19.3 Å². The summed E-state index contributed by atoms with van der Waals surface area (Å²) in [6, 6.07) is 2.49. The van der Waals surface area contributed by atoms with Gasteiger partial charge in [-0.2, -0.15) is 0 Å². The molecule has 0 aliphatic carbocycles. The summed E-state index contributed by atoms with van der Waals surface area (Å²) in [6.45, 7) is 1.39. The van der Waals surface area contributed by atoms with E-state index in [4.69, 9.17) is 14.6 Å². The molecule has 0 heterocycles. The maximum absolute atomic E-state index is 11.0. The number of hydrogen-bond acceptors (Lipinski definition) is 6. The number of benzene rings is 1. The van der Waals surface area contributed by atoms with Gasteiger partial charge in [0.2, 0.25) is 0 Å². The van der Waals surface area contributed by atoms with Crippen LogP contribution in [0.25, 0.3) is 0 Å². The molecular formula is C11H13NO7. The van der Waals surface area contributed by atoms with Gasteiger partial charge in [0.05, 0.1) is 30.8 Å². The average molecular weight is 271 g/mol. The molecule has 1 rings (SSSR count). The number of carboxylic acid groups (broad SMARTS) is 1. The first kappa shape index (κ1) is 14.6. The molecule has 0 aliphatic rings. The molecule has 0 bridgehead atoms. The van der Waals surface area contributed by atoms with Crippen molar-refractivity contribution < 1.29 is 29.0 Å². The molecule has 19 heavy (non-hydrogen) atoms. The normalized spacial score (nSPS) is 11.5. The van der Waals surface area contributed by atoms with E-state index < -0.39 is 17.2 Å². The van der Waals surface area contributed by atoms with Gasteiger partial charge in [-0.1, -0.05) is 0 Å². The largest absolute Gasteiger partial charge is 0.506 e. The Hall–Kier alpha value is -2.51. The quantitative estimate of drug-likeness (QED) is 0.497. The summed E-state index contributed by atoms with van der Waals surface area (Å²) < 4.78 is 14.5. The van der Waals surface area contributed by atoms with Gasteiger partial charge in [0.15, 0.2) is 11.5 Å². The topological polar surface area (TPSA) is 108 Å². The third kappa shape index (κ3) is 3.24.